The molecule has 1 aromatic carbocycles. The molecule has 0 fully saturated rings. The third kappa shape index (κ3) is 3.34. The van der Waals surface area contributed by atoms with Crippen molar-refractivity contribution in [3.8, 4) is 0 Å². The highest BCUT2D eigenvalue weighted by molar-refractivity contribution is 7.86. The minimum absolute atomic E-state index is 0.0849. The summed E-state index contributed by atoms with van der Waals surface area (Å²) in [4.78, 5) is 22.3. The lowest BCUT2D eigenvalue weighted by Crippen LogP contribution is -2.18. The fourth-order valence-electron chi connectivity index (χ4n) is 1.66. The Morgan fingerprint density at radius 1 is 1.25 bits per heavy atom. The van der Waals surface area contributed by atoms with Crippen LogP contribution in [0.1, 0.15) is 40.1 Å². The first-order valence-electron chi connectivity index (χ1n) is 5.61. The lowest BCUT2D eigenvalue weighted by molar-refractivity contribution is 0.0372. The molecule has 1 rings (SSSR count). The molecule has 0 aliphatic rings. The van der Waals surface area contributed by atoms with Gasteiger partial charge in [0.05, 0.1) is 17.2 Å². The van der Waals surface area contributed by atoms with E-state index in [1.165, 1.54) is 6.92 Å². The number of rotatable bonds is 4. The van der Waals surface area contributed by atoms with Gasteiger partial charge in [0.1, 0.15) is 4.90 Å². The Morgan fingerprint density at radius 2 is 1.80 bits per heavy atom. The molecule has 0 amide bonds. The van der Waals surface area contributed by atoms with Gasteiger partial charge in [0.2, 0.25) is 0 Å². The van der Waals surface area contributed by atoms with Gasteiger partial charge in [-0.25, -0.2) is 9.59 Å². The SMILES string of the molecule is Cc1c(C(=O)O)ccc(S(=O)(=O)O)c1C(=O)OC(C)C. The summed E-state index contributed by atoms with van der Waals surface area (Å²) in [6.07, 6.45) is -0.523. The van der Waals surface area contributed by atoms with Gasteiger partial charge in [-0.3, -0.25) is 4.55 Å². The van der Waals surface area contributed by atoms with Crippen molar-refractivity contribution < 1.29 is 32.4 Å². The summed E-state index contributed by atoms with van der Waals surface area (Å²) < 4.78 is 36.6. The van der Waals surface area contributed by atoms with Crippen molar-refractivity contribution >= 4 is 22.1 Å². The fraction of sp³-hybridized carbons (Fsp3) is 0.333. The molecular formula is C12H14O7S. The molecule has 0 saturated heterocycles. The van der Waals surface area contributed by atoms with Crippen molar-refractivity contribution in [1.82, 2.24) is 0 Å². The van der Waals surface area contributed by atoms with Crippen molar-refractivity contribution in [1.29, 1.82) is 0 Å². The summed E-state index contributed by atoms with van der Waals surface area (Å²) in [5, 5.41) is 8.98. The molecular weight excluding hydrogens is 288 g/mol. The number of benzene rings is 1. The Hall–Kier alpha value is -1.93. The van der Waals surface area contributed by atoms with Gasteiger partial charge in [0.15, 0.2) is 0 Å². The maximum atomic E-state index is 11.9. The van der Waals surface area contributed by atoms with Crippen molar-refractivity contribution in [2.24, 2.45) is 0 Å². The van der Waals surface area contributed by atoms with Crippen LogP contribution in [0, 0.1) is 6.92 Å². The van der Waals surface area contributed by atoms with Crippen molar-refractivity contribution in [3.05, 3.63) is 28.8 Å². The van der Waals surface area contributed by atoms with E-state index in [0.29, 0.717) is 0 Å². The van der Waals surface area contributed by atoms with Gasteiger partial charge in [-0.1, -0.05) is 0 Å². The molecule has 0 aliphatic carbocycles. The zero-order valence-electron chi connectivity index (χ0n) is 11.1. The topological polar surface area (TPSA) is 118 Å². The Balaban J connectivity index is 3.62. The van der Waals surface area contributed by atoms with E-state index >= 15 is 0 Å². The molecule has 2 N–H and O–H groups in total. The third-order valence-corrected chi connectivity index (χ3v) is 3.38. The predicted octanol–water partition coefficient (Wildman–Crippen LogP) is 1.51. The Kier molecular flexibility index (Phi) is 4.51. The summed E-state index contributed by atoms with van der Waals surface area (Å²) in [7, 11) is -4.67. The normalized spacial score (nSPS) is 11.4. The van der Waals surface area contributed by atoms with Gasteiger partial charge < -0.3 is 9.84 Å². The van der Waals surface area contributed by atoms with Crippen LogP contribution >= 0.6 is 0 Å². The minimum atomic E-state index is -4.67. The van der Waals surface area contributed by atoms with E-state index in [0.717, 1.165) is 12.1 Å². The molecule has 0 saturated carbocycles. The van der Waals surface area contributed by atoms with Gasteiger partial charge in [0.25, 0.3) is 10.1 Å². The number of carbonyl (C=O) groups is 2. The molecule has 20 heavy (non-hydrogen) atoms. The number of carbonyl (C=O) groups excluding carboxylic acids is 1. The fourth-order valence-corrected chi connectivity index (χ4v) is 2.39. The van der Waals surface area contributed by atoms with Crippen LogP contribution in [-0.4, -0.2) is 36.1 Å². The van der Waals surface area contributed by atoms with E-state index < -0.39 is 38.6 Å². The summed E-state index contributed by atoms with van der Waals surface area (Å²) >= 11 is 0. The second-order valence-corrected chi connectivity index (χ2v) is 5.74. The third-order valence-electron chi connectivity index (χ3n) is 2.48. The van der Waals surface area contributed by atoms with Crippen molar-refractivity contribution in [2.45, 2.75) is 31.8 Å². The van der Waals surface area contributed by atoms with E-state index in [4.69, 9.17) is 14.4 Å². The minimum Gasteiger partial charge on any atom is -0.478 e. The molecule has 0 spiro atoms. The zero-order valence-corrected chi connectivity index (χ0v) is 11.9. The van der Waals surface area contributed by atoms with E-state index in [9.17, 15) is 18.0 Å². The van der Waals surface area contributed by atoms with Crippen molar-refractivity contribution in [3.63, 3.8) is 0 Å². The quantitative estimate of drug-likeness (QED) is 0.639. The maximum Gasteiger partial charge on any atom is 0.340 e. The largest absolute Gasteiger partial charge is 0.478 e. The molecule has 0 bridgehead atoms. The Bertz CT molecular complexity index is 659. The van der Waals surface area contributed by atoms with Gasteiger partial charge in [-0.05, 0) is 38.5 Å². The van der Waals surface area contributed by atoms with Crippen LogP contribution in [0.5, 0.6) is 0 Å². The molecule has 110 valence electrons. The summed E-state index contributed by atoms with van der Waals surface area (Å²) in [5.41, 5.74) is -0.799. The molecule has 0 atom stereocenters. The second-order valence-electron chi connectivity index (χ2n) is 4.35. The monoisotopic (exact) mass is 302 g/mol. The molecule has 0 aliphatic heterocycles. The molecule has 0 aromatic heterocycles. The number of esters is 1. The maximum absolute atomic E-state index is 11.9. The summed E-state index contributed by atoms with van der Waals surface area (Å²) in [6.45, 7) is 4.39. The Morgan fingerprint density at radius 3 is 2.20 bits per heavy atom. The van der Waals surface area contributed by atoms with Gasteiger partial charge in [-0.15, -0.1) is 0 Å². The van der Waals surface area contributed by atoms with Crippen LogP contribution in [0.25, 0.3) is 0 Å². The number of aromatic carboxylic acids is 1. The van der Waals surface area contributed by atoms with E-state index in [2.05, 4.69) is 0 Å². The van der Waals surface area contributed by atoms with Crippen LogP contribution in [0.3, 0.4) is 0 Å². The summed E-state index contributed by atoms with van der Waals surface area (Å²) in [5.74, 6) is -2.32. The highest BCUT2D eigenvalue weighted by Gasteiger charge is 2.27. The van der Waals surface area contributed by atoms with Crippen LogP contribution in [0.4, 0.5) is 0 Å². The average Bonchev–Trinajstić information content (AvgIpc) is 2.25. The smallest absolute Gasteiger partial charge is 0.340 e. The lowest BCUT2D eigenvalue weighted by Gasteiger charge is -2.14. The summed E-state index contributed by atoms with van der Waals surface area (Å²) in [6, 6.07) is 1.87. The standard InChI is InChI=1S/C12H14O7S/c1-6(2)19-12(15)10-7(3)8(11(13)14)4-5-9(10)20(16,17)18/h4-6H,1-3H3,(H,13,14)(H,16,17,18). The molecule has 0 unspecified atom stereocenters. The first-order chi connectivity index (χ1) is 9.05. The first kappa shape index (κ1) is 16.1. The van der Waals surface area contributed by atoms with Crippen molar-refractivity contribution in [2.75, 3.05) is 0 Å². The number of hydrogen-bond acceptors (Lipinski definition) is 5. The number of carboxylic acids is 1. The van der Waals surface area contributed by atoms with Crippen LogP contribution < -0.4 is 0 Å². The van der Waals surface area contributed by atoms with Gasteiger partial charge in [0, 0.05) is 0 Å². The average molecular weight is 302 g/mol. The lowest BCUT2D eigenvalue weighted by atomic mass is 10.0. The highest BCUT2D eigenvalue weighted by Crippen LogP contribution is 2.24. The number of hydrogen-bond donors (Lipinski definition) is 2. The predicted molar refractivity (Wildman–Crippen MR) is 68.5 cm³/mol. The molecule has 8 heteroatoms. The van der Waals surface area contributed by atoms with Gasteiger partial charge >= 0.3 is 11.9 Å². The Labute approximate surface area is 115 Å². The van der Waals surface area contributed by atoms with Crippen LogP contribution in [-0.2, 0) is 14.9 Å². The van der Waals surface area contributed by atoms with Crippen LogP contribution in [0.15, 0.2) is 17.0 Å². The van der Waals surface area contributed by atoms with E-state index in [1.807, 2.05) is 0 Å². The van der Waals surface area contributed by atoms with Crippen LogP contribution in [0.2, 0.25) is 0 Å². The molecule has 0 radical (unpaired) electrons. The number of carboxylic acid groups (broad SMARTS) is 1. The molecule has 1 aromatic rings. The zero-order chi connectivity index (χ0) is 15.7. The highest BCUT2D eigenvalue weighted by atomic mass is 32.2. The first-order valence-corrected chi connectivity index (χ1v) is 7.05. The van der Waals surface area contributed by atoms with E-state index in [1.54, 1.807) is 13.8 Å². The molecule has 7 nitrogen and oxygen atoms in total. The second kappa shape index (κ2) is 5.59. The van der Waals surface area contributed by atoms with E-state index in [-0.39, 0.29) is 11.1 Å². The van der Waals surface area contributed by atoms with Gasteiger partial charge in [-0.2, -0.15) is 8.42 Å². The molecule has 0 heterocycles. The number of ether oxygens (including phenoxy) is 1.